The van der Waals surface area contributed by atoms with E-state index in [4.69, 9.17) is 18.9 Å². The molecule has 0 bridgehead atoms. The van der Waals surface area contributed by atoms with Crippen LogP contribution in [0.4, 0.5) is 4.79 Å². The van der Waals surface area contributed by atoms with Crippen molar-refractivity contribution in [1.29, 1.82) is 0 Å². The Hall–Kier alpha value is -2.33. The lowest BCUT2D eigenvalue weighted by Gasteiger charge is -2.37. The molecule has 1 amide bonds. The van der Waals surface area contributed by atoms with Crippen LogP contribution in [0.5, 0.6) is 0 Å². The summed E-state index contributed by atoms with van der Waals surface area (Å²) in [5.41, 5.74) is -0.625. The number of rotatable bonds is 11. The lowest BCUT2D eigenvalue weighted by molar-refractivity contribution is -0.143. The molecule has 6 atom stereocenters. The predicted molar refractivity (Wildman–Crippen MR) is 159 cm³/mol. The van der Waals surface area contributed by atoms with Crippen LogP contribution in [0.15, 0.2) is 11.8 Å². The average molecular weight is 595 g/mol. The highest BCUT2D eigenvalue weighted by Crippen LogP contribution is 2.38. The van der Waals surface area contributed by atoms with Crippen molar-refractivity contribution in [2.75, 3.05) is 26.9 Å². The molecule has 1 heterocycles. The van der Waals surface area contributed by atoms with Crippen molar-refractivity contribution >= 4 is 18.0 Å². The van der Waals surface area contributed by atoms with Gasteiger partial charge < -0.3 is 34.7 Å². The summed E-state index contributed by atoms with van der Waals surface area (Å²) < 4.78 is 23.0. The Morgan fingerprint density at radius 3 is 2.50 bits per heavy atom. The molecule has 1 saturated heterocycles. The highest BCUT2D eigenvalue weighted by molar-refractivity contribution is 5.80. The number of hydrogen-bond donors (Lipinski definition) is 3. The molecule has 0 aromatic rings. The maximum absolute atomic E-state index is 12.1. The van der Waals surface area contributed by atoms with Crippen LogP contribution in [0.25, 0.3) is 0 Å². The van der Waals surface area contributed by atoms with Crippen molar-refractivity contribution in [3.05, 3.63) is 11.8 Å². The van der Waals surface area contributed by atoms with Gasteiger partial charge in [-0.05, 0) is 55.4 Å². The molecule has 1 saturated carbocycles. The van der Waals surface area contributed by atoms with Gasteiger partial charge in [0.25, 0.3) is 0 Å². The Morgan fingerprint density at radius 1 is 1.05 bits per heavy atom. The molecule has 42 heavy (non-hydrogen) atoms. The maximum Gasteiger partial charge on any atom is 0.407 e. The van der Waals surface area contributed by atoms with Gasteiger partial charge >= 0.3 is 18.0 Å². The second kappa shape index (κ2) is 17.1. The summed E-state index contributed by atoms with van der Waals surface area (Å²) in [6.45, 7) is 6.56. The highest BCUT2D eigenvalue weighted by atomic mass is 16.6. The van der Waals surface area contributed by atoms with Gasteiger partial charge in [0.1, 0.15) is 12.1 Å². The number of esters is 1. The fraction of sp³-hybridized carbons (Fsp3) is 0.844. The van der Waals surface area contributed by atoms with Gasteiger partial charge in [-0.2, -0.15) is 0 Å². The number of carbonyl (C=O) groups is 3. The number of amides is 1. The van der Waals surface area contributed by atoms with Crippen LogP contribution in [-0.4, -0.2) is 74.3 Å². The normalized spacial score (nSPS) is 28.2. The largest absolute Gasteiger partial charge is 0.498 e. The molecule has 2 aliphatic carbocycles. The lowest BCUT2D eigenvalue weighted by Crippen LogP contribution is -2.49. The second-order valence-corrected chi connectivity index (χ2v) is 13.2. The molecule has 3 unspecified atom stereocenters. The lowest BCUT2D eigenvalue weighted by atomic mass is 9.75. The first kappa shape index (κ1) is 34.2. The summed E-state index contributed by atoms with van der Waals surface area (Å²) in [7, 11) is 1.43. The van der Waals surface area contributed by atoms with Gasteiger partial charge in [-0.15, -0.1) is 0 Å². The topological polar surface area (TPSA) is 132 Å². The average Bonchev–Trinajstić information content (AvgIpc) is 3.38. The van der Waals surface area contributed by atoms with E-state index in [2.05, 4.69) is 16.7 Å². The quantitative estimate of drug-likeness (QED) is 0.214. The molecule has 240 valence electrons. The third-order valence-corrected chi connectivity index (χ3v) is 8.88. The van der Waals surface area contributed by atoms with Crippen molar-refractivity contribution in [1.82, 2.24) is 10.6 Å². The van der Waals surface area contributed by atoms with E-state index in [-0.39, 0.29) is 30.8 Å². The number of methoxy groups -OCH3 is 1. The third-order valence-electron chi connectivity index (χ3n) is 8.88. The molecule has 3 rings (SSSR count). The molecule has 0 aromatic carbocycles. The molecular weight excluding hydrogens is 540 g/mol. The Labute approximate surface area is 251 Å². The monoisotopic (exact) mass is 594 g/mol. The minimum atomic E-state index is -1.09. The summed E-state index contributed by atoms with van der Waals surface area (Å²) in [6, 6.07) is -1.30. The van der Waals surface area contributed by atoms with Gasteiger partial charge in [0, 0.05) is 25.8 Å². The zero-order valence-electron chi connectivity index (χ0n) is 26.2. The van der Waals surface area contributed by atoms with E-state index >= 15 is 0 Å². The number of ether oxygens (including phenoxy) is 4. The van der Waals surface area contributed by atoms with E-state index in [1.165, 1.54) is 45.6 Å². The van der Waals surface area contributed by atoms with E-state index in [9.17, 15) is 19.5 Å². The molecule has 3 aliphatic rings. The van der Waals surface area contributed by atoms with Crippen LogP contribution in [-0.2, 0) is 28.5 Å². The highest BCUT2D eigenvalue weighted by Gasteiger charge is 2.37. The number of allylic oxidation sites excluding steroid dienone is 2. The van der Waals surface area contributed by atoms with Crippen LogP contribution in [0.2, 0.25) is 0 Å². The smallest absolute Gasteiger partial charge is 0.407 e. The summed E-state index contributed by atoms with van der Waals surface area (Å²) >= 11 is 0. The van der Waals surface area contributed by atoms with Gasteiger partial charge in [-0.3, -0.25) is 4.79 Å². The van der Waals surface area contributed by atoms with Gasteiger partial charge in [-0.1, -0.05) is 52.9 Å². The Kier molecular flexibility index (Phi) is 13.9. The fourth-order valence-corrected chi connectivity index (χ4v) is 6.53. The van der Waals surface area contributed by atoms with E-state index in [1.807, 2.05) is 0 Å². The zero-order valence-corrected chi connectivity index (χ0v) is 26.2. The standard InChI is InChI=1S/C32H54N2O8/c1-32(2,3)28(29(35)36)34-31(38)41-19-11-18-40-23-13-10-9-12-22(16-17-23)25-14-7-5-6-8-15-27(25)42-24-20-26(33-21-24)30(37)39-4/h17,22,24-28,33H,5-16,18-21H2,1-4H3,(H,34,38)(H,35,36)/t22?,24-,25?,26+,27?,28-/m1/s1. The molecule has 0 radical (unpaired) electrons. The predicted octanol–water partition coefficient (Wildman–Crippen LogP) is 5.34. The summed E-state index contributed by atoms with van der Waals surface area (Å²) in [4.78, 5) is 35.6. The summed E-state index contributed by atoms with van der Waals surface area (Å²) in [5, 5.41) is 15.1. The number of carbonyl (C=O) groups excluding carboxylic acids is 2. The molecular formula is C32H54N2O8. The minimum absolute atomic E-state index is 0.0387. The first-order valence-corrected chi connectivity index (χ1v) is 16.0. The van der Waals surface area contributed by atoms with Crippen LogP contribution in [0.3, 0.4) is 0 Å². The zero-order chi connectivity index (χ0) is 30.5. The first-order valence-electron chi connectivity index (χ1n) is 16.0. The van der Waals surface area contributed by atoms with Crippen LogP contribution < -0.4 is 10.6 Å². The summed E-state index contributed by atoms with van der Waals surface area (Å²) in [6.07, 6.45) is 15.5. The molecule has 0 spiro atoms. The molecule has 3 N–H and O–H groups in total. The van der Waals surface area contributed by atoms with E-state index in [1.54, 1.807) is 20.8 Å². The first-order chi connectivity index (χ1) is 20.1. The van der Waals surface area contributed by atoms with Crippen molar-refractivity contribution in [2.45, 2.75) is 129 Å². The number of carboxylic acid groups (broad SMARTS) is 1. The summed E-state index contributed by atoms with van der Waals surface area (Å²) in [5.74, 6) is 0.738. The minimum Gasteiger partial charge on any atom is -0.498 e. The van der Waals surface area contributed by atoms with Crippen LogP contribution in [0.1, 0.15) is 104 Å². The van der Waals surface area contributed by atoms with Crippen molar-refractivity contribution in [3.63, 3.8) is 0 Å². The number of aliphatic carboxylic acids is 1. The van der Waals surface area contributed by atoms with Gasteiger partial charge in [-0.25, -0.2) is 9.59 Å². The molecule has 1 aliphatic heterocycles. The van der Waals surface area contributed by atoms with Gasteiger partial charge in [0.05, 0.1) is 38.3 Å². The SMILES string of the molecule is COC(=O)[C@@H]1C[C@@H](OC2CCCCCCC2C2CC=C(OCCCOC(=O)N[C@H](C(=O)O)C(C)(C)C)CCCC2)CN1. The third kappa shape index (κ3) is 11.1. The molecule has 2 fully saturated rings. The number of nitrogens with one attached hydrogen (secondary N) is 2. The van der Waals surface area contributed by atoms with Crippen LogP contribution in [0, 0.1) is 17.3 Å². The van der Waals surface area contributed by atoms with Crippen molar-refractivity contribution < 1.29 is 38.4 Å². The Bertz CT molecular complexity index is 901. The molecule has 0 aromatic heterocycles. The van der Waals surface area contributed by atoms with Crippen molar-refractivity contribution in [2.24, 2.45) is 17.3 Å². The molecule has 10 heteroatoms. The van der Waals surface area contributed by atoms with Crippen LogP contribution >= 0.6 is 0 Å². The number of alkyl carbamates (subject to hydrolysis) is 1. The van der Waals surface area contributed by atoms with Gasteiger partial charge in [0.2, 0.25) is 0 Å². The van der Waals surface area contributed by atoms with Gasteiger partial charge in [0.15, 0.2) is 0 Å². The Balaban J connectivity index is 1.49. The Morgan fingerprint density at radius 2 is 1.79 bits per heavy atom. The van der Waals surface area contributed by atoms with Crippen molar-refractivity contribution in [3.8, 4) is 0 Å². The number of hydrogen-bond acceptors (Lipinski definition) is 8. The number of carboxylic acids is 1. The molecule has 10 nitrogen and oxygen atoms in total. The van der Waals surface area contributed by atoms with E-state index in [0.29, 0.717) is 37.8 Å². The maximum atomic E-state index is 12.1. The van der Waals surface area contributed by atoms with E-state index < -0.39 is 23.5 Å². The fourth-order valence-electron chi connectivity index (χ4n) is 6.53. The second-order valence-electron chi connectivity index (χ2n) is 13.2. The van der Waals surface area contributed by atoms with E-state index in [0.717, 1.165) is 37.9 Å².